The molecule has 1 N–H and O–H groups in total. The van der Waals surface area contributed by atoms with Crippen LogP contribution in [0, 0.1) is 6.92 Å². The fourth-order valence-corrected chi connectivity index (χ4v) is 3.41. The molecule has 2 aliphatic rings. The van der Waals surface area contributed by atoms with Gasteiger partial charge in [-0.15, -0.1) is 5.10 Å². The van der Waals surface area contributed by atoms with Crippen LogP contribution >= 0.6 is 23.3 Å². The molecule has 2 aliphatic heterocycles. The van der Waals surface area contributed by atoms with E-state index in [4.69, 9.17) is 5.11 Å². The van der Waals surface area contributed by atoms with Crippen LogP contribution in [0.15, 0.2) is 16.9 Å². The van der Waals surface area contributed by atoms with Crippen molar-refractivity contribution >= 4 is 41.4 Å². The molecule has 9 heteroatoms. The van der Waals surface area contributed by atoms with E-state index in [0.29, 0.717) is 5.57 Å². The first-order valence-electron chi connectivity index (χ1n) is 5.18. The molecule has 0 aromatic carbocycles. The van der Waals surface area contributed by atoms with E-state index in [1.165, 1.54) is 33.6 Å². The summed E-state index contributed by atoms with van der Waals surface area (Å²) in [5.74, 6) is -0.195. The van der Waals surface area contributed by atoms with Gasteiger partial charge in [0.25, 0.3) is 5.91 Å². The molecule has 1 aromatic heterocycles. The minimum absolute atomic E-state index is 0.0591. The van der Waals surface area contributed by atoms with Gasteiger partial charge in [0, 0.05) is 5.41 Å². The van der Waals surface area contributed by atoms with Crippen molar-refractivity contribution in [3.8, 4) is 0 Å². The number of aryl methyl sites for hydroxylation is 1. The highest BCUT2D eigenvalue weighted by Crippen LogP contribution is 2.45. The van der Waals surface area contributed by atoms with Crippen molar-refractivity contribution in [2.45, 2.75) is 12.3 Å². The molecule has 0 aliphatic carbocycles. The van der Waals surface area contributed by atoms with Crippen LogP contribution in [0.3, 0.4) is 0 Å². The Morgan fingerprint density at radius 3 is 3.05 bits per heavy atom. The topological polar surface area (TPSA) is 92.6 Å². The average Bonchev–Trinajstić information content (AvgIpc) is 2.90. The van der Waals surface area contributed by atoms with E-state index in [-0.39, 0.29) is 17.2 Å². The van der Waals surface area contributed by atoms with Crippen LogP contribution < -0.4 is 0 Å². The summed E-state index contributed by atoms with van der Waals surface area (Å²) in [4.78, 5) is 24.6. The Labute approximate surface area is 115 Å². The molecule has 1 amide bonds. The van der Waals surface area contributed by atoms with Gasteiger partial charge in [0.15, 0.2) is 0 Å². The molecule has 7 nitrogen and oxygen atoms in total. The zero-order valence-corrected chi connectivity index (χ0v) is 11.2. The molecule has 1 aromatic rings. The average molecular weight is 297 g/mol. The van der Waals surface area contributed by atoms with Crippen LogP contribution in [0.2, 0.25) is 0 Å². The third kappa shape index (κ3) is 1.90. The Bertz CT molecular complexity index is 636. The van der Waals surface area contributed by atoms with Gasteiger partial charge in [0.2, 0.25) is 5.88 Å². The highest BCUT2D eigenvalue weighted by atomic mass is 32.2. The van der Waals surface area contributed by atoms with Gasteiger partial charge in [-0.2, -0.15) is 0 Å². The zero-order valence-electron chi connectivity index (χ0n) is 9.56. The van der Waals surface area contributed by atoms with Crippen LogP contribution in [0.1, 0.15) is 10.6 Å². The lowest BCUT2D eigenvalue weighted by atomic mass is 10.1. The van der Waals surface area contributed by atoms with E-state index in [1.807, 2.05) is 6.92 Å². The number of amides is 1. The molecule has 0 bridgehead atoms. The molecule has 0 spiro atoms. The molecule has 0 radical (unpaired) electrons. The van der Waals surface area contributed by atoms with Crippen LogP contribution in [0.4, 0.5) is 4.79 Å². The van der Waals surface area contributed by atoms with Crippen LogP contribution in [0.5, 0.6) is 0 Å². The number of thioether (sulfide) groups is 1. The number of carbonyl (C=O) groups excluding carboxylic acids is 1. The second-order valence-corrected chi connectivity index (χ2v) is 5.55. The van der Waals surface area contributed by atoms with Crippen LogP contribution in [-0.2, 0) is 9.53 Å². The molecular formula is C10H7N3O4S2. The molecule has 1 fully saturated rings. The first-order chi connectivity index (χ1) is 9.08. The van der Waals surface area contributed by atoms with Gasteiger partial charge in [0.1, 0.15) is 5.37 Å². The van der Waals surface area contributed by atoms with Gasteiger partial charge in [-0.3, -0.25) is 9.69 Å². The van der Waals surface area contributed by atoms with Crippen molar-refractivity contribution in [3.05, 3.63) is 27.4 Å². The third-order valence-corrected chi connectivity index (χ3v) is 4.50. The fraction of sp³-hybridized carbons (Fsp3) is 0.200. The Hall–Kier alpha value is -1.87. The van der Waals surface area contributed by atoms with Crippen molar-refractivity contribution in [3.63, 3.8) is 0 Å². The third-order valence-electron chi connectivity index (χ3n) is 2.67. The molecule has 0 saturated carbocycles. The number of hydrogen-bond acceptors (Lipinski definition) is 7. The SMILES string of the molecule is Cc1nnsc1/C=C1\C(=O)N2C(OC(=O)O)=CS[C@@H]12. The number of fused-ring (bicyclic) bond motifs is 1. The summed E-state index contributed by atoms with van der Waals surface area (Å²) in [5, 5.41) is 13.7. The smallest absolute Gasteiger partial charge is 0.449 e. The van der Waals surface area contributed by atoms with E-state index >= 15 is 0 Å². The highest BCUT2D eigenvalue weighted by Gasteiger charge is 2.49. The molecular weight excluding hydrogens is 290 g/mol. The lowest BCUT2D eigenvalue weighted by Crippen LogP contribution is -2.50. The lowest BCUT2D eigenvalue weighted by molar-refractivity contribution is -0.133. The van der Waals surface area contributed by atoms with Gasteiger partial charge < -0.3 is 9.84 Å². The van der Waals surface area contributed by atoms with E-state index < -0.39 is 6.16 Å². The monoisotopic (exact) mass is 297 g/mol. The minimum atomic E-state index is -1.43. The molecule has 98 valence electrons. The second kappa shape index (κ2) is 4.35. The summed E-state index contributed by atoms with van der Waals surface area (Å²) in [6.45, 7) is 1.82. The molecule has 19 heavy (non-hydrogen) atoms. The van der Waals surface area contributed by atoms with Gasteiger partial charge >= 0.3 is 6.16 Å². The normalized spacial score (nSPS) is 23.1. The summed E-state index contributed by atoms with van der Waals surface area (Å²) in [7, 11) is 0. The predicted molar refractivity (Wildman–Crippen MR) is 68.0 cm³/mol. The maximum atomic E-state index is 12.0. The van der Waals surface area contributed by atoms with Crippen molar-refractivity contribution in [1.82, 2.24) is 14.5 Å². The van der Waals surface area contributed by atoms with Crippen LogP contribution in [0.25, 0.3) is 6.08 Å². The first kappa shape index (κ1) is 12.2. The number of aromatic nitrogens is 2. The molecule has 3 rings (SSSR count). The van der Waals surface area contributed by atoms with E-state index in [1.54, 1.807) is 6.08 Å². The van der Waals surface area contributed by atoms with E-state index in [0.717, 1.165) is 10.6 Å². The highest BCUT2D eigenvalue weighted by molar-refractivity contribution is 8.03. The van der Waals surface area contributed by atoms with Crippen molar-refractivity contribution in [1.29, 1.82) is 0 Å². The number of carbonyl (C=O) groups is 2. The number of nitrogens with zero attached hydrogens (tertiary/aromatic N) is 3. The van der Waals surface area contributed by atoms with Crippen LogP contribution in [-0.4, -0.2) is 37.0 Å². The molecule has 0 unspecified atom stereocenters. The van der Waals surface area contributed by atoms with E-state index in [9.17, 15) is 9.59 Å². The lowest BCUT2D eigenvalue weighted by Gasteiger charge is -2.36. The number of β-lactam (4-membered cyclic amide) rings is 1. The van der Waals surface area contributed by atoms with Crippen molar-refractivity contribution < 1.29 is 19.4 Å². The standard InChI is InChI=1S/C10H7N3O4S2/c1-4-6(19-12-11-4)2-5-8(14)13-7(17-10(15)16)3-18-9(5)13/h2-3,9H,1H3,(H,15,16)/b5-2+/t9-/m0/s1. The maximum absolute atomic E-state index is 12.0. The predicted octanol–water partition coefficient (Wildman–Crippen LogP) is 1.64. The molecule has 1 atom stereocenters. The summed E-state index contributed by atoms with van der Waals surface area (Å²) in [6.07, 6.45) is 0.314. The van der Waals surface area contributed by atoms with E-state index in [2.05, 4.69) is 14.3 Å². The molecule has 1 saturated heterocycles. The quantitative estimate of drug-likeness (QED) is 0.504. The van der Waals surface area contributed by atoms with Crippen molar-refractivity contribution in [2.24, 2.45) is 0 Å². The minimum Gasteiger partial charge on any atom is -0.449 e. The second-order valence-electron chi connectivity index (χ2n) is 3.81. The first-order valence-corrected chi connectivity index (χ1v) is 6.90. The zero-order chi connectivity index (χ0) is 13.6. The van der Waals surface area contributed by atoms with Gasteiger partial charge in [-0.1, -0.05) is 16.3 Å². The summed E-state index contributed by atoms with van der Waals surface area (Å²) < 4.78 is 8.33. The Morgan fingerprint density at radius 1 is 1.63 bits per heavy atom. The summed E-state index contributed by atoms with van der Waals surface area (Å²) in [5.41, 5.74) is 1.36. The number of hydrogen-bond donors (Lipinski definition) is 1. The number of ether oxygens (including phenoxy) is 1. The number of carboxylic acid groups (broad SMARTS) is 1. The Balaban J connectivity index is 1.81. The Morgan fingerprint density at radius 2 is 2.42 bits per heavy atom. The summed E-state index contributed by atoms with van der Waals surface area (Å²) >= 11 is 2.55. The number of rotatable bonds is 2. The largest absolute Gasteiger partial charge is 0.512 e. The summed E-state index contributed by atoms with van der Waals surface area (Å²) in [6, 6.07) is 0. The molecule has 3 heterocycles. The van der Waals surface area contributed by atoms with Gasteiger partial charge in [0.05, 0.1) is 16.1 Å². The Kier molecular flexibility index (Phi) is 2.79. The van der Waals surface area contributed by atoms with Gasteiger partial charge in [-0.25, -0.2) is 4.79 Å². The maximum Gasteiger partial charge on any atom is 0.512 e. The van der Waals surface area contributed by atoms with Crippen molar-refractivity contribution in [2.75, 3.05) is 0 Å². The van der Waals surface area contributed by atoms with Gasteiger partial charge in [-0.05, 0) is 24.5 Å². The fourth-order valence-electron chi connectivity index (χ4n) is 1.76.